The number of fused-ring (bicyclic) bond motifs is 1. The van der Waals surface area contributed by atoms with Crippen molar-refractivity contribution in [2.45, 2.75) is 25.9 Å². The summed E-state index contributed by atoms with van der Waals surface area (Å²) in [5.74, 6) is -0.570. The van der Waals surface area contributed by atoms with Crippen LogP contribution in [-0.2, 0) is 17.8 Å². The smallest absolute Gasteiger partial charge is 0.347 e. The molecule has 3 aromatic rings. The van der Waals surface area contributed by atoms with E-state index in [0.29, 0.717) is 35.5 Å². The van der Waals surface area contributed by atoms with E-state index in [4.69, 9.17) is 27.9 Å². The summed E-state index contributed by atoms with van der Waals surface area (Å²) >= 11 is 13.3. The van der Waals surface area contributed by atoms with Crippen LogP contribution in [0.4, 0.5) is 5.13 Å². The lowest BCUT2D eigenvalue weighted by Crippen LogP contribution is -2.35. The maximum Gasteiger partial charge on any atom is 0.347 e. The summed E-state index contributed by atoms with van der Waals surface area (Å²) in [6.45, 7) is 3.31. The fourth-order valence-electron chi connectivity index (χ4n) is 4.77. The number of nitrogens with one attached hydrogen (secondary N) is 3. The van der Waals surface area contributed by atoms with Crippen molar-refractivity contribution in [1.29, 1.82) is 0 Å². The van der Waals surface area contributed by atoms with Crippen LogP contribution in [0.25, 0.3) is 0 Å². The minimum Gasteiger partial charge on any atom is -0.497 e. The largest absolute Gasteiger partial charge is 0.497 e. The van der Waals surface area contributed by atoms with Gasteiger partial charge in [0.1, 0.15) is 16.3 Å². The lowest BCUT2D eigenvalue weighted by Gasteiger charge is -2.19. The number of carbonyl (C=O) groups is 3. The second kappa shape index (κ2) is 10.5. The molecule has 0 bridgehead atoms. The summed E-state index contributed by atoms with van der Waals surface area (Å²) < 4.78 is 5.13. The van der Waals surface area contributed by atoms with Crippen LogP contribution in [0.2, 0.25) is 10.0 Å². The third-order valence-corrected chi connectivity index (χ3v) is 8.99. The summed E-state index contributed by atoms with van der Waals surface area (Å²) in [6, 6.07) is 7.30. The van der Waals surface area contributed by atoms with E-state index in [9.17, 15) is 19.5 Å². The van der Waals surface area contributed by atoms with E-state index < -0.39 is 5.97 Å². The van der Waals surface area contributed by atoms with Gasteiger partial charge in [-0.1, -0.05) is 46.7 Å². The van der Waals surface area contributed by atoms with Gasteiger partial charge < -0.3 is 30.4 Å². The minimum absolute atomic E-state index is 0.000641. The molecule has 2 aromatic heterocycles. The first-order valence-corrected chi connectivity index (χ1v) is 13.5. The van der Waals surface area contributed by atoms with Gasteiger partial charge in [-0.25, -0.2) is 9.78 Å². The number of amides is 2. The average molecular weight is 578 g/mol. The molecule has 2 aliphatic rings. The number of hydrogen-bond donors (Lipinski definition) is 4. The number of carboxylic acid groups (broad SMARTS) is 1. The zero-order chi connectivity index (χ0) is 27.1. The molecular formula is C25H25Cl2N5O5S. The minimum atomic E-state index is -1.11. The lowest BCUT2D eigenvalue weighted by atomic mass is 10.2. The molecule has 3 atom stereocenters. The van der Waals surface area contributed by atoms with Gasteiger partial charge in [-0.05, 0) is 24.6 Å². The van der Waals surface area contributed by atoms with Crippen molar-refractivity contribution in [3.05, 3.63) is 61.8 Å². The van der Waals surface area contributed by atoms with E-state index in [1.807, 2.05) is 17.0 Å². The highest BCUT2D eigenvalue weighted by Gasteiger charge is 2.57. The van der Waals surface area contributed by atoms with Crippen molar-refractivity contribution in [3.63, 3.8) is 0 Å². The van der Waals surface area contributed by atoms with Gasteiger partial charge in [0.05, 0.1) is 29.3 Å². The molecule has 4 N–H and O–H groups in total. The van der Waals surface area contributed by atoms with E-state index in [1.54, 1.807) is 26.2 Å². The van der Waals surface area contributed by atoms with E-state index in [1.165, 1.54) is 0 Å². The van der Waals surface area contributed by atoms with Crippen LogP contribution in [-0.4, -0.2) is 59.1 Å². The summed E-state index contributed by atoms with van der Waals surface area (Å²) in [6.07, 6.45) is -0.132. The maximum atomic E-state index is 12.6. The molecule has 1 aliphatic carbocycles. The van der Waals surface area contributed by atoms with Gasteiger partial charge in [0, 0.05) is 43.2 Å². The number of nitrogens with zero attached hydrogens (tertiary/aromatic N) is 2. The van der Waals surface area contributed by atoms with Gasteiger partial charge in [0.2, 0.25) is 5.91 Å². The third kappa shape index (κ3) is 5.18. The van der Waals surface area contributed by atoms with Crippen molar-refractivity contribution in [2.24, 2.45) is 11.8 Å². The van der Waals surface area contributed by atoms with Gasteiger partial charge in [-0.3, -0.25) is 9.59 Å². The predicted octanol–water partition coefficient (Wildman–Crippen LogP) is 3.52. The number of H-pyrrole nitrogens is 1. The van der Waals surface area contributed by atoms with E-state index >= 15 is 0 Å². The zero-order valence-corrected chi connectivity index (χ0v) is 22.8. The highest BCUT2D eigenvalue weighted by atomic mass is 35.5. The number of piperidine rings is 1. The van der Waals surface area contributed by atoms with Crippen LogP contribution < -0.4 is 20.3 Å². The number of aryl methyl sites for hydroxylation is 1. The topological polar surface area (TPSA) is 137 Å². The molecule has 1 saturated carbocycles. The van der Waals surface area contributed by atoms with Crippen LogP contribution in [0.3, 0.4) is 0 Å². The molecule has 38 heavy (non-hydrogen) atoms. The number of halogens is 2. The predicted molar refractivity (Wildman–Crippen MR) is 144 cm³/mol. The lowest BCUT2D eigenvalue weighted by molar-refractivity contribution is -0.120. The summed E-state index contributed by atoms with van der Waals surface area (Å²) in [7, 11) is 1.58. The number of carbonyl (C=O) groups excluding carboxylic acids is 2. The molecule has 5 rings (SSSR count). The SMILES string of the molecule is COc1ccc(CNC(=O)Cc2nc(N3C[C@@H]4C(NC(=O)c5[nH]c(C)c(Cl)c5Cl)[C@@H]4C3)sc2C(=O)O)cc1. The maximum absolute atomic E-state index is 12.6. The number of methoxy groups -OCH3 is 1. The van der Waals surface area contributed by atoms with Gasteiger partial charge in [0.15, 0.2) is 5.13 Å². The third-order valence-electron chi connectivity index (χ3n) is 6.90. The monoisotopic (exact) mass is 577 g/mol. The Morgan fingerprint density at radius 1 is 1.18 bits per heavy atom. The van der Waals surface area contributed by atoms with Gasteiger partial charge in [0.25, 0.3) is 5.91 Å². The molecule has 1 unspecified atom stereocenters. The van der Waals surface area contributed by atoms with Crippen molar-refractivity contribution < 1.29 is 24.2 Å². The van der Waals surface area contributed by atoms with Crippen molar-refractivity contribution in [3.8, 4) is 5.75 Å². The number of thiazole rings is 1. The molecular weight excluding hydrogens is 553 g/mol. The first kappa shape index (κ1) is 26.3. The Kier molecular flexibility index (Phi) is 7.26. The molecule has 0 spiro atoms. The molecule has 2 fully saturated rings. The number of carboxylic acids is 1. The average Bonchev–Trinajstić information content (AvgIpc) is 3.25. The summed E-state index contributed by atoms with van der Waals surface area (Å²) in [5.41, 5.74) is 2.01. The molecule has 1 aliphatic heterocycles. The van der Waals surface area contributed by atoms with E-state index in [0.717, 1.165) is 22.6 Å². The molecule has 13 heteroatoms. The van der Waals surface area contributed by atoms with Crippen LogP contribution in [0.5, 0.6) is 5.75 Å². The number of hydrogen-bond acceptors (Lipinski definition) is 7. The number of aromatic carboxylic acids is 1. The first-order chi connectivity index (χ1) is 18.2. The number of anilines is 1. The zero-order valence-electron chi connectivity index (χ0n) is 20.5. The number of benzene rings is 1. The number of ether oxygens (including phenoxy) is 1. The van der Waals surface area contributed by atoms with Crippen LogP contribution in [0, 0.1) is 18.8 Å². The van der Waals surface area contributed by atoms with Crippen LogP contribution >= 0.6 is 34.5 Å². The van der Waals surface area contributed by atoms with Gasteiger partial charge >= 0.3 is 5.97 Å². The van der Waals surface area contributed by atoms with Gasteiger partial charge in [-0.2, -0.15) is 0 Å². The Morgan fingerprint density at radius 2 is 1.87 bits per heavy atom. The van der Waals surface area contributed by atoms with E-state index in [2.05, 4.69) is 20.6 Å². The number of aromatic nitrogens is 2. The molecule has 1 aromatic carbocycles. The first-order valence-electron chi connectivity index (χ1n) is 11.9. The fraction of sp³-hybridized carbons (Fsp3) is 0.360. The second-order valence-corrected chi connectivity index (χ2v) is 11.1. The van der Waals surface area contributed by atoms with Crippen molar-refractivity contribution in [1.82, 2.24) is 20.6 Å². The van der Waals surface area contributed by atoms with Gasteiger partial charge in [-0.15, -0.1) is 0 Å². The quantitative estimate of drug-likeness (QED) is 0.305. The standard InChI is InChI=1S/C25H25Cl2N5O5S/c1-11-18(26)19(27)21(29-11)23(34)31-20-14-9-32(10-15(14)20)25-30-16(22(38-25)24(35)36)7-17(33)28-8-12-3-5-13(37-2)6-4-12/h3-6,14-15,20,29H,7-10H2,1-2H3,(H,28,33)(H,31,34)(H,35,36)/t14-,15+,20?. The Morgan fingerprint density at radius 3 is 2.45 bits per heavy atom. The van der Waals surface area contributed by atoms with Crippen molar-refractivity contribution in [2.75, 3.05) is 25.1 Å². The Balaban J connectivity index is 1.17. The highest BCUT2D eigenvalue weighted by molar-refractivity contribution is 7.17. The molecule has 2 amide bonds. The Hall–Kier alpha value is -3.28. The molecule has 1 saturated heterocycles. The summed E-state index contributed by atoms with van der Waals surface area (Å²) in [4.78, 5) is 46.5. The number of aromatic amines is 1. The van der Waals surface area contributed by atoms with Crippen molar-refractivity contribution >= 4 is 57.5 Å². The molecule has 3 heterocycles. The fourth-order valence-corrected chi connectivity index (χ4v) is 6.12. The van der Waals surface area contributed by atoms with Crippen LogP contribution in [0.15, 0.2) is 24.3 Å². The molecule has 200 valence electrons. The Labute approximate surface area is 232 Å². The summed E-state index contributed by atoms with van der Waals surface area (Å²) in [5, 5.41) is 16.6. The Bertz CT molecular complexity index is 1390. The normalized spacial score (nSPS) is 19.7. The van der Waals surface area contributed by atoms with Crippen LogP contribution in [0.1, 0.15) is 37.1 Å². The number of rotatable bonds is 9. The molecule has 0 radical (unpaired) electrons. The molecule has 10 nitrogen and oxygen atoms in total. The second-order valence-electron chi connectivity index (χ2n) is 9.36. The van der Waals surface area contributed by atoms with E-state index in [-0.39, 0.29) is 57.4 Å². The highest BCUT2D eigenvalue weighted by Crippen LogP contribution is 2.48.